The SMILES string of the molecule is CC=NCCCCCCCC[C@H](C)[C@@H](C)CC. The van der Waals surface area contributed by atoms with Crippen LogP contribution in [-0.4, -0.2) is 12.8 Å². The summed E-state index contributed by atoms with van der Waals surface area (Å²) in [4.78, 5) is 4.23. The van der Waals surface area contributed by atoms with E-state index in [4.69, 9.17) is 0 Å². The van der Waals surface area contributed by atoms with Crippen molar-refractivity contribution in [1.29, 1.82) is 0 Å². The quantitative estimate of drug-likeness (QED) is 0.334. The van der Waals surface area contributed by atoms with Gasteiger partial charge >= 0.3 is 0 Å². The zero-order valence-corrected chi connectivity index (χ0v) is 12.5. The summed E-state index contributed by atoms with van der Waals surface area (Å²) in [5.41, 5.74) is 0. The molecule has 0 N–H and O–H groups in total. The van der Waals surface area contributed by atoms with E-state index in [-0.39, 0.29) is 0 Å². The summed E-state index contributed by atoms with van der Waals surface area (Å²) in [5, 5.41) is 0. The van der Waals surface area contributed by atoms with Crippen LogP contribution in [0.3, 0.4) is 0 Å². The number of hydrogen-bond donors (Lipinski definition) is 0. The van der Waals surface area contributed by atoms with E-state index in [1.165, 1.54) is 51.4 Å². The van der Waals surface area contributed by atoms with E-state index in [9.17, 15) is 0 Å². The molecule has 102 valence electrons. The van der Waals surface area contributed by atoms with Crippen molar-refractivity contribution in [1.82, 2.24) is 0 Å². The molecule has 0 saturated carbocycles. The molecule has 0 radical (unpaired) electrons. The Labute approximate surface area is 109 Å². The molecule has 0 aliphatic heterocycles. The lowest BCUT2D eigenvalue weighted by atomic mass is 9.89. The van der Waals surface area contributed by atoms with E-state index in [2.05, 4.69) is 25.8 Å². The Bertz CT molecular complexity index is 174. The fourth-order valence-corrected chi connectivity index (χ4v) is 2.19. The van der Waals surface area contributed by atoms with Crippen molar-refractivity contribution >= 4 is 6.21 Å². The number of hydrogen-bond acceptors (Lipinski definition) is 1. The second-order valence-electron chi connectivity index (χ2n) is 5.44. The summed E-state index contributed by atoms with van der Waals surface area (Å²) >= 11 is 0. The van der Waals surface area contributed by atoms with Crippen molar-refractivity contribution in [2.75, 3.05) is 6.54 Å². The van der Waals surface area contributed by atoms with Gasteiger partial charge in [-0.15, -0.1) is 0 Å². The predicted molar refractivity (Wildman–Crippen MR) is 80.0 cm³/mol. The lowest BCUT2D eigenvalue weighted by Gasteiger charge is -2.17. The molecule has 0 amide bonds. The first kappa shape index (κ1) is 16.7. The Kier molecular flexibility index (Phi) is 11.9. The van der Waals surface area contributed by atoms with Crippen LogP contribution in [0.2, 0.25) is 0 Å². The van der Waals surface area contributed by atoms with E-state index in [0.717, 1.165) is 18.4 Å². The van der Waals surface area contributed by atoms with Crippen LogP contribution in [0.1, 0.15) is 79.1 Å². The monoisotopic (exact) mass is 239 g/mol. The molecule has 0 aromatic carbocycles. The molecule has 0 fully saturated rings. The topological polar surface area (TPSA) is 12.4 Å². The smallest absolute Gasteiger partial charge is 0.0385 e. The van der Waals surface area contributed by atoms with Crippen molar-refractivity contribution in [3.05, 3.63) is 0 Å². The third-order valence-electron chi connectivity index (χ3n) is 3.99. The van der Waals surface area contributed by atoms with Gasteiger partial charge in [0.15, 0.2) is 0 Å². The minimum atomic E-state index is 0.905. The first-order valence-electron chi connectivity index (χ1n) is 7.66. The molecule has 1 heteroatoms. The largest absolute Gasteiger partial charge is 0.298 e. The van der Waals surface area contributed by atoms with Gasteiger partial charge in [0, 0.05) is 6.54 Å². The molecule has 17 heavy (non-hydrogen) atoms. The summed E-state index contributed by atoms with van der Waals surface area (Å²) in [6.07, 6.45) is 13.0. The third kappa shape index (κ3) is 10.5. The van der Waals surface area contributed by atoms with Crippen LogP contribution >= 0.6 is 0 Å². The lowest BCUT2D eigenvalue weighted by molar-refractivity contribution is 0.342. The maximum Gasteiger partial charge on any atom is 0.0385 e. The minimum absolute atomic E-state index is 0.905. The molecule has 1 nitrogen and oxygen atoms in total. The molecule has 0 aliphatic rings. The molecule has 0 rings (SSSR count). The maximum atomic E-state index is 4.23. The first-order chi connectivity index (χ1) is 8.22. The van der Waals surface area contributed by atoms with Gasteiger partial charge in [-0.05, 0) is 31.4 Å². The van der Waals surface area contributed by atoms with Gasteiger partial charge in [0.2, 0.25) is 0 Å². The number of aliphatic imine (C=N–C) groups is 1. The first-order valence-corrected chi connectivity index (χ1v) is 7.66. The summed E-state index contributed by atoms with van der Waals surface area (Å²) in [6.45, 7) is 10.1. The van der Waals surface area contributed by atoms with Gasteiger partial charge in [0.25, 0.3) is 0 Å². The van der Waals surface area contributed by atoms with Gasteiger partial charge in [0.05, 0.1) is 0 Å². The molecule has 0 unspecified atom stereocenters. The molecular weight excluding hydrogens is 206 g/mol. The normalized spacial score (nSPS) is 15.3. The molecule has 0 aliphatic carbocycles. The Morgan fingerprint density at radius 3 is 2.06 bits per heavy atom. The Morgan fingerprint density at radius 2 is 1.47 bits per heavy atom. The van der Waals surface area contributed by atoms with Crippen molar-refractivity contribution in [3.63, 3.8) is 0 Å². The van der Waals surface area contributed by atoms with Crippen LogP contribution in [0.15, 0.2) is 4.99 Å². The number of rotatable bonds is 11. The maximum absolute atomic E-state index is 4.23. The molecule has 0 spiro atoms. The molecule has 0 aromatic rings. The van der Waals surface area contributed by atoms with Crippen LogP contribution in [0, 0.1) is 11.8 Å². The number of nitrogens with zero attached hydrogens (tertiary/aromatic N) is 1. The van der Waals surface area contributed by atoms with Crippen LogP contribution in [-0.2, 0) is 0 Å². The molecule has 0 bridgehead atoms. The Balaban J connectivity index is 3.18. The highest BCUT2D eigenvalue weighted by atomic mass is 14.7. The van der Waals surface area contributed by atoms with Gasteiger partial charge < -0.3 is 0 Å². The zero-order valence-electron chi connectivity index (χ0n) is 12.5. The van der Waals surface area contributed by atoms with Gasteiger partial charge in [-0.25, -0.2) is 0 Å². The fourth-order valence-electron chi connectivity index (χ4n) is 2.19. The standard InChI is InChI=1S/C16H33N/c1-5-15(3)16(4)13-11-9-7-8-10-12-14-17-6-2/h6,15-16H,5,7-14H2,1-4H3/t15-,16-/m0/s1. The van der Waals surface area contributed by atoms with E-state index < -0.39 is 0 Å². The van der Waals surface area contributed by atoms with Crippen molar-refractivity contribution < 1.29 is 0 Å². The fraction of sp³-hybridized carbons (Fsp3) is 0.938. The van der Waals surface area contributed by atoms with Gasteiger partial charge in [-0.3, -0.25) is 4.99 Å². The average molecular weight is 239 g/mol. The summed E-state index contributed by atoms with van der Waals surface area (Å²) in [5.74, 6) is 1.82. The second-order valence-corrected chi connectivity index (χ2v) is 5.44. The third-order valence-corrected chi connectivity index (χ3v) is 3.99. The highest BCUT2D eigenvalue weighted by Gasteiger charge is 2.08. The predicted octanol–water partition coefficient (Wildman–Crippen LogP) is 5.49. The van der Waals surface area contributed by atoms with Gasteiger partial charge in [-0.2, -0.15) is 0 Å². The molecular formula is C16H33N. The van der Waals surface area contributed by atoms with Gasteiger partial charge in [0.1, 0.15) is 0 Å². The van der Waals surface area contributed by atoms with Crippen LogP contribution in [0.4, 0.5) is 0 Å². The van der Waals surface area contributed by atoms with E-state index >= 15 is 0 Å². The minimum Gasteiger partial charge on any atom is -0.298 e. The summed E-state index contributed by atoms with van der Waals surface area (Å²) in [7, 11) is 0. The summed E-state index contributed by atoms with van der Waals surface area (Å²) in [6, 6.07) is 0. The Hall–Kier alpha value is -0.330. The van der Waals surface area contributed by atoms with Crippen LogP contribution < -0.4 is 0 Å². The highest BCUT2D eigenvalue weighted by Crippen LogP contribution is 2.21. The molecule has 0 heterocycles. The van der Waals surface area contributed by atoms with Crippen molar-refractivity contribution in [2.24, 2.45) is 16.8 Å². The molecule has 0 aromatic heterocycles. The molecule has 0 saturated heterocycles. The molecule has 2 atom stereocenters. The van der Waals surface area contributed by atoms with Gasteiger partial charge in [-0.1, -0.05) is 65.7 Å². The lowest BCUT2D eigenvalue weighted by Crippen LogP contribution is -2.06. The zero-order chi connectivity index (χ0) is 12.9. The van der Waals surface area contributed by atoms with Crippen molar-refractivity contribution in [2.45, 2.75) is 79.1 Å². The Morgan fingerprint density at radius 1 is 0.882 bits per heavy atom. The average Bonchev–Trinajstić information content (AvgIpc) is 2.35. The van der Waals surface area contributed by atoms with Crippen LogP contribution in [0.5, 0.6) is 0 Å². The second kappa shape index (κ2) is 12.1. The summed E-state index contributed by atoms with van der Waals surface area (Å²) < 4.78 is 0. The van der Waals surface area contributed by atoms with E-state index in [1.54, 1.807) is 0 Å². The van der Waals surface area contributed by atoms with E-state index in [0.29, 0.717) is 0 Å². The van der Waals surface area contributed by atoms with Crippen molar-refractivity contribution in [3.8, 4) is 0 Å². The van der Waals surface area contributed by atoms with E-state index in [1.807, 2.05) is 13.1 Å². The number of unbranched alkanes of at least 4 members (excludes halogenated alkanes) is 5. The highest BCUT2D eigenvalue weighted by molar-refractivity contribution is 5.53. The van der Waals surface area contributed by atoms with Crippen LogP contribution in [0.25, 0.3) is 0 Å².